The van der Waals surface area contributed by atoms with Crippen LogP contribution in [0.3, 0.4) is 0 Å². The number of benzene rings is 1. The van der Waals surface area contributed by atoms with Gasteiger partial charge >= 0.3 is 0 Å². The van der Waals surface area contributed by atoms with E-state index < -0.39 is 0 Å². The lowest BCUT2D eigenvalue weighted by Crippen LogP contribution is -2.25. The van der Waals surface area contributed by atoms with Crippen molar-refractivity contribution >= 4 is 11.8 Å². The van der Waals surface area contributed by atoms with E-state index in [4.69, 9.17) is 0 Å². The second-order valence-electron chi connectivity index (χ2n) is 4.86. The first-order valence-corrected chi connectivity index (χ1v) is 7.48. The summed E-state index contributed by atoms with van der Waals surface area (Å²) in [6.07, 6.45) is 3.09. The Hall–Kier alpha value is -1.26. The quantitative estimate of drug-likeness (QED) is 0.924. The zero-order valence-electron chi connectivity index (χ0n) is 10.9. The maximum absolute atomic E-state index is 13.4. The number of halogens is 1. The van der Waals surface area contributed by atoms with E-state index in [9.17, 15) is 4.39 Å². The Kier molecular flexibility index (Phi) is 3.62. The first-order chi connectivity index (χ1) is 9.24. The third-order valence-corrected chi connectivity index (χ3v) is 4.71. The molecule has 0 radical (unpaired) electrons. The Morgan fingerprint density at radius 2 is 2.32 bits per heavy atom. The van der Waals surface area contributed by atoms with Gasteiger partial charge in [0.15, 0.2) is 0 Å². The molecule has 2 aromatic rings. The maximum Gasteiger partial charge on any atom is 0.123 e. The lowest BCUT2D eigenvalue weighted by molar-refractivity contribution is 0.495. The van der Waals surface area contributed by atoms with E-state index in [1.165, 1.54) is 10.6 Å². The lowest BCUT2D eigenvalue weighted by atomic mass is 10.0. The Bertz CT molecular complexity index is 579. The van der Waals surface area contributed by atoms with Crippen molar-refractivity contribution in [2.75, 3.05) is 5.75 Å². The standard InChI is InChI=1S/C15H17FN2S/c1-18-7-2-3-12(18)10-17-14-6-8-19-15-5-4-11(16)9-13(14)15/h2-5,7,9,14,17H,6,8,10H2,1H3. The molecule has 2 heterocycles. The average Bonchev–Trinajstić information content (AvgIpc) is 2.82. The first kappa shape index (κ1) is 12.8. The van der Waals surface area contributed by atoms with Crippen LogP contribution in [0.4, 0.5) is 4.39 Å². The summed E-state index contributed by atoms with van der Waals surface area (Å²) in [4.78, 5) is 1.21. The number of fused-ring (bicyclic) bond motifs is 1. The van der Waals surface area contributed by atoms with Gasteiger partial charge in [-0.15, -0.1) is 11.8 Å². The topological polar surface area (TPSA) is 17.0 Å². The minimum atomic E-state index is -0.146. The van der Waals surface area contributed by atoms with E-state index in [0.29, 0.717) is 0 Å². The van der Waals surface area contributed by atoms with Gasteiger partial charge in [-0.3, -0.25) is 0 Å². The fraction of sp³-hybridized carbons (Fsp3) is 0.333. The van der Waals surface area contributed by atoms with Gasteiger partial charge in [-0.1, -0.05) is 0 Å². The van der Waals surface area contributed by atoms with Gasteiger partial charge in [-0.25, -0.2) is 4.39 Å². The molecule has 0 saturated heterocycles. The van der Waals surface area contributed by atoms with Crippen LogP contribution in [-0.4, -0.2) is 10.3 Å². The summed E-state index contributed by atoms with van der Waals surface area (Å²) in [6, 6.07) is 9.52. The summed E-state index contributed by atoms with van der Waals surface area (Å²) < 4.78 is 15.5. The van der Waals surface area contributed by atoms with Crippen LogP contribution >= 0.6 is 11.8 Å². The zero-order valence-corrected chi connectivity index (χ0v) is 11.7. The number of thioether (sulfide) groups is 1. The van der Waals surface area contributed by atoms with Crippen molar-refractivity contribution in [2.45, 2.75) is 23.9 Å². The Morgan fingerprint density at radius 1 is 1.42 bits per heavy atom. The number of rotatable bonds is 3. The summed E-state index contributed by atoms with van der Waals surface area (Å²) in [6.45, 7) is 0.814. The third-order valence-electron chi connectivity index (χ3n) is 3.59. The normalized spacial score (nSPS) is 18.3. The van der Waals surface area contributed by atoms with E-state index >= 15 is 0 Å². The predicted molar refractivity (Wildman–Crippen MR) is 76.7 cm³/mol. The SMILES string of the molecule is Cn1cccc1CNC1CCSc2ccc(F)cc21. The van der Waals surface area contributed by atoms with E-state index in [-0.39, 0.29) is 11.9 Å². The van der Waals surface area contributed by atoms with Crippen LogP contribution < -0.4 is 5.32 Å². The molecule has 1 aliphatic heterocycles. The molecule has 0 amide bonds. The largest absolute Gasteiger partial charge is 0.353 e. The monoisotopic (exact) mass is 276 g/mol. The average molecular weight is 276 g/mol. The lowest BCUT2D eigenvalue weighted by Gasteiger charge is -2.26. The Morgan fingerprint density at radius 3 is 3.11 bits per heavy atom. The molecule has 100 valence electrons. The van der Waals surface area contributed by atoms with Crippen molar-refractivity contribution in [2.24, 2.45) is 7.05 Å². The molecule has 1 aromatic carbocycles. The molecule has 0 spiro atoms. The van der Waals surface area contributed by atoms with Crippen molar-refractivity contribution in [1.29, 1.82) is 0 Å². The molecular formula is C15H17FN2S. The second kappa shape index (κ2) is 5.39. The van der Waals surface area contributed by atoms with Crippen LogP contribution in [0.2, 0.25) is 0 Å². The zero-order chi connectivity index (χ0) is 13.2. The summed E-state index contributed by atoms with van der Waals surface area (Å²) >= 11 is 1.82. The Balaban J connectivity index is 1.76. The van der Waals surface area contributed by atoms with Crippen molar-refractivity contribution in [3.63, 3.8) is 0 Å². The highest BCUT2D eigenvalue weighted by molar-refractivity contribution is 7.99. The minimum absolute atomic E-state index is 0.146. The molecule has 0 aliphatic carbocycles. The van der Waals surface area contributed by atoms with Crippen LogP contribution in [0.15, 0.2) is 41.4 Å². The van der Waals surface area contributed by atoms with Crippen molar-refractivity contribution in [1.82, 2.24) is 9.88 Å². The summed E-state index contributed by atoms with van der Waals surface area (Å²) in [5.41, 5.74) is 2.35. The second-order valence-corrected chi connectivity index (χ2v) is 6.00. The highest BCUT2D eigenvalue weighted by atomic mass is 32.2. The van der Waals surface area contributed by atoms with Crippen LogP contribution in [0.1, 0.15) is 23.7 Å². The Labute approximate surface area is 117 Å². The molecule has 2 nitrogen and oxygen atoms in total. The van der Waals surface area contributed by atoms with Crippen LogP contribution in [0.5, 0.6) is 0 Å². The molecule has 3 rings (SSSR count). The van der Waals surface area contributed by atoms with Gasteiger partial charge in [0, 0.05) is 36.4 Å². The molecular weight excluding hydrogens is 259 g/mol. The molecule has 1 N–H and O–H groups in total. The predicted octanol–water partition coefficient (Wildman–Crippen LogP) is 3.49. The smallest absolute Gasteiger partial charge is 0.123 e. The van der Waals surface area contributed by atoms with Gasteiger partial charge in [0.25, 0.3) is 0 Å². The number of nitrogens with zero attached hydrogens (tertiary/aromatic N) is 1. The number of hydrogen-bond acceptors (Lipinski definition) is 2. The molecule has 1 atom stereocenters. The van der Waals surface area contributed by atoms with E-state index in [2.05, 4.69) is 16.0 Å². The van der Waals surface area contributed by atoms with Crippen LogP contribution in [0.25, 0.3) is 0 Å². The molecule has 4 heteroatoms. The van der Waals surface area contributed by atoms with E-state index in [1.54, 1.807) is 12.1 Å². The molecule has 1 aliphatic rings. The van der Waals surface area contributed by atoms with Gasteiger partial charge < -0.3 is 9.88 Å². The highest BCUT2D eigenvalue weighted by Crippen LogP contribution is 2.36. The fourth-order valence-corrected chi connectivity index (χ4v) is 3.59. The maximum atomic E-state index is 13.4. The van der Waals surface area contributed by atoms with E-state index in [1.807, 2.05) is 37.1 Å². The molecule has 1 aromatic heterocycles. The number of aryl methyl sites for hydroxylation is 1. The number of nitrogens with one attached hydrogen (secondary N) is 1. The molecule has 0 fully saturated rings. The van der Waals surface area contributed by atoms with Gasteiger partial charge in [-0.2, -0.15) is 0 Å². The minimum Gasteiger partial charge on any atom is -0.353 e. The van der Waals surface area contributed by atoms with Gasteiger partial charge in [0.2, 0.25) is 0 Å². The molecule has 0 saturated carbocycles. The summed E-state index contributed by atoms with van der Waals surface area (Å²) in [5.74, 6) is 0.940. The first-order valence-electron chi connectivity index (χ1n) is 6.50. The van der Waals surface area contributed by atoms with E-state index in [0.717, 1.165) is 24.3 Å². The van der Waals surface area contributed by atoms with Gasteiger partial charge in [0.05, 0.1) is 0 Å². The van der Waals surface area contributed by atoms with Crippen LogP contribution in [0, 0.1) is 5.82 Å². The highest BCUT2D eigenvalue weighted by Gasteiger charge is 2.20. The van der Waals surface area contributed by atoms with Crippen LogP contribution in [-0.2, 0) is 13.6 Å². The third kappa shape index (κ3) is 2.69. The van der Waals surface area contributed by atoms with Gasteiger partial charge in [0.1, 0.15) is 5.82 Å². The number of aromatic nitrogens is 1. The fourth-order valence-electron chi connectivity index (χ4n) is 2.49. The van der Waals surface area contributed by atoms with Crippen molar-refractivity contribution < 1.29 is 4.39 Å². The molecule has 19 heavy (non-hydrogen) atoms. The summed E-state index contributed by atoms with van der Waals surface area (Å²) in [5, 5.41) is 3.55. The summed E-state index contributed by atoms with van der Waals surface area (Å²) in [7, 11) is 2.04. The van der Waals surface area contributed by atoms with Gasteiger partial charge in [-0.05, 0) is 48.1 Å². The van der Waals surface area contributed by atoms with Crippen molar-refractivity contribution in [3.8, 4) is 0 Å². The molecule has 1 unspecified atom stereocenters. The number of hydrogen-bond donors (Lipinski definition) is 1. The molecule has 0 bridgehead atoms. The van der Waals surface area contributed by atoms with Crippen molar-refractivity contribution in [3.05, 3.63) is 53.6 Å².